The third-order valence-electron chi connectivity index (χ3n) is 2.64. The van der Waals surface area contributed by atoms with E-state index in [-0.39, 0.29) is 6.42 Å². The van der Waals surface area contributed by atoms with Gasteiger partial charge in [0.1, 0.15) is 0 Å². The van der Waals surface area contributed by atoms with Crippen molar-refractivity contribution in [2.75, 3.05) is 19.6 Å². The van der Waals surface area contributed by atoms with Crippen LogP contribution in [0.5, 0.6) is 0 Å². The molecule has 0 aromatic rings. The standard InChI is InChI=1S/C9H15NO4/c1-9(7(11)12,8(13)14)3-2-4-10-5-6-10/h2-6H2,1H3,(H,11,12)(H,13,14). The van der Waals surface area contributed by atoms with Crippen molar-refractivity contribution in [2.24, 2.45) is 5.41 Å². The number of nitrogens with zero attached hydrogens (tertiary/aromatic N) is 1. The van der Waals surface area contributed by atoms with Gasteiger partial charge in [0.05, 0.1) is 0 Å². The molecule has 1 aliphatic rings. The van der Waals surface area contributed by atoms with E-state index in [1.54, 1.807) is 0 Å². The topological polar surface area (TPSA) is 77.6 Å². The van der Waals surface area contributed by atoms with E-state index in [1.807, 2.05) is 0 Å². The van der Waals surface area contributed by atoms with E-state index in [2.05, 4.69) is 4.90 Å². The van der Waals surface area contributed by atoms with Crippen LogP contribution >= 0.6 is 0 Å². The Morgan fingerprint density at radius 3 is 2.14 bits per heavy atom. The SMILES string of the molecule is CC(CCCN1CC1)(C(=O)O)C(=O)O. The smallest absolute Gasteiger partial charge is 0.320 e. The van der Waals surface area contributed by atoms with Gasteiger partial charge in [-0.15, -0.1) is 0 Å². The van der Waals surface area contributed by atoms with Gasteiger partial charge < -0.3 is 15.1 Å². The highest BCUT2D eigenvalue weighted by atomic mass is 16.4. The van der Waals surface area contributed by atoms with Crippen molar-refractivity contribution in [1.29, 1.82) is 0 Å². The molecule has 0 bridgehead atoms. The summed E-state index contributed by atoms with van der Waals surface area (Å²) in [5, 5.41) is 17.6. The zero-order valence-corrected chi connectivity index (χ0v) is 8.19. The maximum atomic E-state index is 10.8. The first-order valence-electron chi connectivity index (χ1n) is 4.66. The molecule has 1 fully saturated rings. The van der Waals surface area contributed by atoms with Crippen LogP contribution in [0.4, 0.5) is 0 Å². The van der Waals surface area contributed by atoms with Gasteiger partial charge in [-0.3, -0.25) is 9.59 Å². The van der Waals surface area contributed by atoms with E-state index >= 15 is 0 Å². The molecule has 1 aliphatic heterocycles. The molecule has 0 aromatic carbocycles. The molecule has 1 heterocycles. The lowest BCUT2D eigenvalue weighted by Crippen LogP contribution is -2.36. The number of aliphatic carboxylic acids is 2. The van der Waals surface area contributed by atoms with Gasteiger partial charge in [0.2, 0.25) is 0 Å². The normalized spacial score (nSPS) is 16.6. The molecule has 0 amide bonds. The molecule has 0 unspecified atom stereocenters. The number of hydrogen-bond acceptors (Lipinski definition) is 3. The van der Waals surface area contributed by atoms with Crippen LogP contribution in [0.2, 0.25) is 0 Å². The molecule has 80 valence electrons. The van der Waals surface area contributed by atoms with Crippen LogP contribution < -0.4 is 0 Å². The van der Waals surface area contributed by atoms with Crippen LogP contribution in [0, 0.1) is 5.41 Å². The quantitative estimate of drug-likeness (QED) is 0.476. The van der Waals surface area contributed by atoms with Crippen LogP contribution in [-0.2, 0) is 9.59 Å². The molecule has 0 radical (unpaired) electrons. The minimum Gasteiger partial charge on any atom is -0.480 e. The fourth-order valence-electron chi connectivity index (χ4n) is 1.26. The molecule has 0 aromatic heterocycles. The Bertz CT molecular complexity index is 233. The van der Waals surface area contributed by atoms with Crippen molar-refractivity contribution in [3.63, 3.8) is 0 Å². The van der Waals surface area contributed by atoms with Crippen LogP contribution in [-0.4, -0.2) is 46.7 Å². The van der Waals surface area contributed by atoms with E-state index in [9.17, 15) is 9.59 Å². The molecule has 1 saturated heterocycles. The van der Waals surface area contributed by atoms with Crippen LogP contribution in [0.1, 0.15) is 19.8 Å². The first-order valence-corrected chi connectivity index (χ1v) is 4.66. The predicted octanol–water partition coefficient (Wildman–Crippen LogP) is 0.258. The number of carbonyl (C=O) groups is 2. The zero-order chi connectivity index (χ0) is 10.8. The maximum Gasteiger partial charge on any atom is 0.320 e. The van der Waals surface area contributed by atoms with Gasteiger partial charge in [0, 0.05) is 13.1 Å². The van der Waals surface area contributed by atoms with Gasteiger partial charge in [-0.25, -0.2) is 0 Å². The lowest BCUT2D eigenvalue weighted by atomic mass is 9.85. The fraction of sp³-hybridized carbons (Fsp3) is 0.778. The van der Waals surface area contributed by atoms with E-state index in [4.69, 9.17) is 10.2 Å². The second-order valence-electron chi connectivity index (χ2n) is 3.89. The van der Waals surface area contributed by atoms with Crippen molar-refractivity contribution in [1.82, 2.24) is 4.90 Å². The molecule has 0 saturated carbocycles. The molecule has 2 N–H and O–H groups in total. The monoisotopic (exact) mass is 201 g/mol. The van der Waals surface area contributed by atoms with E-state index < -0.39 is 17.4 Å². The van der Waals surface area contributed by atoms with Gasteiger partial charge >= 0.3 is 11.9 Å². The average molecular weight is 201 g/mol. The second-order valence-corrected chi connectivity index (χ2v) is 3.89. The summed E-state index contributed by atoms with van der Waals surface area (Å²) >= 11 is 0. The van der Waals surface area contributed by atoms with Crippen molar-refractivity contribution >= 4 is 11.9 Å². The van der Waals surface area contributed by atoms with Gasteiger partial charge in [-0.1, -0.05) is 0 Å². The Morgan fingerprint density at radius 2 is 1.79 bits per heavy atom. The van der Waals surface area contributed by atoms with Crippen LogP contribution in [0.25, 0.3) is 0 Å². The highest BCUT2D eigenvalue weighted by molar-refractivity contribution is 5.97. The van der Waals surface area contributed by atoms with Gasteiger partial charge in [-0.2, -0.15) is 0 Å². The fourth-order valence-corrected chi connectivity index (χ4v) is 1.26. The number of carboxylic acid groups (broad SMARTS) is 2. The van der Waals surface area contributed by atoms with E-state index in [1.165, 1.54) is 6.92 Å². The Kier molecular flexibility index (Phi) is 3.10. The molecule has 5 nitrogen and oxygen atoms in total. The Hall–Kier alpha value is -1.10. The Balaban J connectivity index is 2.41. The summed E-state index contributed by atoms with van der Waals surface area (Å²) in [7, 11) is 0. The molecule has 0 aliphatic carbocycles. The summed E-state index contributed by atoms with van der Waals surface area (Å²) in [6.07, 6.45) is 0.809. The van der Waals surface area contributed by atoms with E-state index in [0.717, 1.165) is 19.6 Å². The summed E-state index contributed by atoms with van der Waals surface area (Å²) in [6, 6.07) is 0. The molecule has 0 atom stereocenters. The van der Waals surface area contributed by atoms with Gasteiger partial charge in [0.25, 0.3) is 0 Å². The van der Waals surface area contributed by atoms with Gasteiger partial charge in [0.15, 0.2) is 5.41 Å². The van der Waals surface area contributed by atoms with Gasteiger partial charge in [-0.05, 0) is 26.3 Å². The molecule has 0 spiro atoms. The summed E-state index contributed by atoms with van der Waals surface area (Å²) in [6.45, 7) is 4.17. The third-order valence-corrected chi connectivity index (χ3v) is 2.64. The first-order chi connectivity index (χ1) is 6.47. The molecule has 5 heteroatoms. The van der Waals surface area contributed by atoms with E-state index in [0.29, 0.717) is 6.42 Å². The number of rotatable bonds is 6. The molecule has 1 rings (SSSR count). The first kappa shape index (κ1) is 11.0. The van der Waals surface area contributed by atoms with Crippen LogP contribution in [0.15, 0.2) is 0 Å². The average Bonchev–Trinajstić information content (AvgIpc) is 2.87. The maximum absolute atomic E-state index is 10.8. The Morgan fingerprint density at radius 1 is 1.29 bits per heavy atom. The predicted molar refractivity (Wildman–Crippen MR) is 49.1 cm³/mol. The summed E-state index contributed by atoms with van der Waals surface area (Å²) in [5.41, 5.74) is -1.63. The third kappa shape index (κ3) is 2.45. The highest BCUT2D eigenvalue weighted by Crippen LogP contribution is 2.24. The van der Waals surface area contributed by atoms with Crippen molar-refractivity contribution in [2.45, 2.75) is 19.8 Å². The lowest BCUT2D eigenvalue weighted by Gasteiger charge is -2.19. The van der Waals surface area contributed by atoms with Crippen molar-refractivity contribution in [3.05, 3.63) is 0 Å². The Labute approximate surface area is 82.3 Å². The number of carboxylic acids is 2. The number of hydrogen-bond donors (Lipinski definition) is 2. The lowest BCUT2D eigenvalue weighted by molar-refractivity contribution is -0.163. The zero-order valence-electron chi connectivity index (χ0n) is 8.19. The second kappa shape index (κ2) is 3.96. The largest absolute Gasteiger partial charge is 0.480 e. The summed E-state index contributed by atoms with van der Waals surface area (Å²) in [4.78, 5) is 23.7. The summed E-state index contributed by atoms with van der Waals surface area (Å²) < 4.78 is 0. The highest BCUT2D eigenvalue weighted by Gasteiger charge is 2.41. The molecule has 14 heavy (non-hydrogen) atoms. The van der Waals surface area contributed by atoms with Crippen molar-refractivity contribution in [3.8, 4) is 0 Å². The minimum absolute atomic E-state index is 0.189. The van der Waals surface area contributed by atoms with Crippen molar-refractivity contribution < 1.29 is 19.8 Å². The minimum atomic E-state index is -1.63. The molecular formula is C9H15NO4. The summed E-state index contributed by atoms with van der Waals surface area (Å²) in [5.74, 6) is -2.51. The van der Waals surface area contributed by atoms with Crippen LogP contribution in [0.3, 0.4) is 0 Å². The molecular weight excluding hydrogens is 186 g/mol.